The molecule has 1 atom stereocenters. The zero-order chi connectivity index (χ0) is 12.8. The lowest BCUT2D eigenvalue weighted by Gasteiger charge is -2.10. The molecule has 0 aliphatic rings. The molecule has 1 aromatic heterocycles. The Morgan fingerprint density at radius 1 is 1.65 bits per heavy atom. The Balaban J connectivity index is 2.55. The molecule has 5 N–H and O–H groups in total. The number of carbonyl (C=O) groups excluding carboxylic acids is 1. The first-order valence-corrected chi connectivity index (χ1v) is 5.81. The summed E-state index contributed by atoms with van der Waals surface area (Å²) in [5, 5.41) is 18.1. The fourth-order valence-electron chi connectivity index (χ4n) is 1.50. The molecule has 1 amide bonds. The molecule has 0 radical (unpaired) electrons. The van der Waals surface area contributed by atoms with Crippen molar-refractivity contribution in [2.75, 3.05) is 18.9 Å². The smallest absolute Gasteiger partial charge is 0.273 e. The molecular weight excluding hydrogens is 220 g/mol. The van der Waals surface area contributed by atoms with Crippen LogP contribution in [0.5, 0.6) is 0 Å². The van der Waals surface area contributed by atoms with Gasteiger partial charge in [0.1, 0.15) is 0 Å². The van der Waals surface area contributed by atoms with Crippen LogP contribution in [-0.2, 0) is 6.42 Å². The number of carbonyl (C=O) groups is 1. The van der Waals surface area contributed by atoms with Crippen LogP contribution in [0.4, 0.5) is 5.69 Å². The Hall–Kier alpha value is -1.56. The average molecular weight is 240 g/mol. The second-order valence-corrected chi connectivity index (χ2v) is 4.15. The minimum atomic E-state index is -0.275. The third-order valence-corrected chi connectivity index (χ3v) is 2.68. The van der Waals surface area contributed by atoms with Gasteiger partial charge in [-0.25, -0.2) is 0 Å². The van der Waals surface area contributed by atoms with E-state index in [9.17, 15) is 4.79 Å². The van der Waals surface area contributed by atoms with Gasteiger partial charge in [-0.1, -0.05) is 13.8 Å². The molecule has 0 spiro atoms. The van der Waals surface area contributed by atoms with Crippen molar-refractivity contribution in [1.82, 2.24) is 15.5 Å². The van der Waals surface area contributed by atoms with Gasteiger partial charge in [0.15, 0.2) is 5.69 Å². The first kappa shape index (κ1) is 13.5. The number of aliphatic hydroxyl groups excluding tert-OH is 1. The van der Waals surface area contributed by atoms with Crippen molar-refractivity contribution in [3.63, 3.8) is 0 Å². The third-order valence-electron chi connectivity index (χ3n) is 2.68. The minimum Gasteiger partial charge on any atom is -0.396 e. The van der Waals surface area contributed by atoms with Crippen LogP contribution in [0.2, 0.25) is 0 Å². The lowest BCUT2D eigenvalue weighted by Crippen LogP contribution is -2.29. The Morgan fingerprint density at radius 3 is 2.88 bits per heavy atom. The molecule has 6 nitrogen and oxygen atoms in total. The van der Waals surface area contributed by atoms with Gasteiger partial charge < -0.3 is 16.2 Å². The van der Waals surface area contributed by atoms with Crippen molar-refractivity contribution in [2.45, 2.75) is 26.7 Å². The highest BCUT2D eigenvalue weighted by Crippen LogP contribution is 2.14. The number of hydrogen-bond donors (Lipinski definition) is 4. The second kappa shape index (κ2) is 6.24. The van der Waals surface area contributed by atoms with Crippen molar-refractivity contribution >= 4 is 11.6 Å². The summed E-state index contributed by atoms with van der Waals surface area (Å²) in [4.78, 5) is 11.8. The number of aromatic nitrogens is 2. The number of nitrogens with one attached hydrogen (secondary N) is 2. The van der Waals surface area contributed by atoms with Crippen molar-refractivity contribution in [3.05, 3.63) is 11.4 Å². The van der Waals surface area contributed by atoms with E-state index >= 15 is 0 Å². The number of anilines is 1. The average Bonchev–Trinajstić information content (AvgIpc) is 2.68. The van der Waals surface area contributed by atoms with Crippen LogP contribution in [0.15, 0.2) is 0 Å². The third kappa shape index (κ3) is 3.45. The lowest BCUT2D eigenvalue weighted by molar-refractivity contribution is 0.0941. The van der Waals surface area contributed by atoms with Gasteiger partial charge in [0, 0.05) is 13.2 Å². The molecule has 0 saturated carbocycles. The summed E-state index contributed by atoms with van der Waals surface area (Å²) in [6.45, 7) is 4.53. The molecule has 1 rings (SSSR count). The summed E-state index contributed by atoms with van der Waals surface area (Å²) in [7, 11) is 0. The van der Waals surface area contributed by atoms with Crippen LogP contribution >= 0.6 is 0 Å². The number of amides is 1. The number of nitrogen functional groups attached to an aromatic ring is 1. The molecule has 6 heteroatoms. The van der Waals surface area contributed by atoms with E-state index in [-0.39, 0.29) is 24.1 Å². The quantitative estimate of drug-likeness (QED) is 0.574. The van der Waals surface area contributed by atoms with Crippen LogP contribution in [0, 0.1) is 5.92 Å². The number of hydrogen-bond acceptors (Lipinski definition) is 4. The molecule has 17 heavy (non-hydrogen) atoms. The van der Waals surface area contributed by atoms with E-state index < -0.39 is 0 Å². The Kier molecular flexibility index (Phi) is 4.96. The van der Waals surface area contributed by atoms with E-state index in [2.05, 4.69) is 15.5 Å². The summed E-state index contributed by atoms with van der Waals surface area (Å²) in [6, 6.07) is 0. The van der Waals surface area contributed by atoms with Crippen LogP contribution in [0.3, 0.4) is 0 Å². The maximum absolute atomic E-state index is 11.8. The molecule has 0 aliphatic heterocycles. The topological polar surface area (TPSA) is 104 Å². The predicted molar refractivity (Wildman–Crippen MR) is 65.6 cm³/mol. The van der Waals surface area contributed by atoms with Crippen molar-refractivity contribution in [3.8, 4) is 0 Å². The predicted octanol–water partition coefficient (Wildman–Crippen LogP) is 0.303. The van der Waals surface area contributed by atoms with Gasteiger partial charge in [-0.2, -0.15) is 5.10 Å². The van der Waals surface area contributed by atoms with Gasteiger partial charge in [-0.3, -0.25) is 9.89 Å². The first-order valence-electron chi connectivity index (χ1n) is 5.81. The summed E-state index contributed by atoms with van der Waals surface area (Å²) >= 11 is 0. The minimum absolute atomic E-state index is 0.127. The highest BCUT2D eigenvalue weighted by molar-refractivity contribution is 5.97. The van der Waals surface area contributed by atoms with E-state index in [1.807, 2.05) is 13.8 Å². The zero-order valence-electron chi connectivity index (χ0n) is 10.3. The maximum Gasteiger partial charge on any atom is 0.273 e. The number of rotatable bonds is 6. The van der Waals surface area contributed by atoms with Gasteiger partial charge in [0.25, 0.3) is 5.91 Å². The highest BCUT2D eigenvalue weighted by Gasteiger charge is 2.16. The summed E-state index contributed by atoms with van der Waals surface area (Å²) in [5.74, 6) is -0.0435. The van der Waals surface area contributed by atoms with Crippen LogP contribution in [0.1, 0.15) is 36.5 Å². The summed E-state index contributed by atoms with van der Waals surface area (Å²) < 4.78 is 0. The van der Waals surface area contributed by atoms with E-state index in [1.54, 1.807) is 0 Å². The van der Waals surface area contributed by atoms with Gasteiger partial charge in [-0.05, 0) is 18.8 Å². The van der Waals surface area contributed by atoms with E-state index in [1.165, 1.54) is 0 Å². The van der Waals surface area contributed by atoms with Crippen LogP contribution in [-0.4, -0.2) is 34.4 Å². The van der Waals surface area contributed by atoms with Crippen LogP contribution < -0.4 is 11.1 Å². The van der Waals surface area contributed by atoms with E-state index in [0.29, 0.717) is 25.1 Å². The molecule has 1 aromatic rings. The molecule has 0 aromatic carbocycles. The SMILES string of the molecule is CCc1[nH]nc(C(=O)NCC(C)CCO)c1N. The Labute approximate surface area is 101 Å². The van der Waals surface area contributed by atoms with Gasteiger partial charge in [-0.15, -0.1) is 0 Å². The van der Waals surface area contributed by atoms with Crippen molar-refractivity contribution < 1.29 is 9.90 Å². The molecule has 0 saturated heterocycles. The molecule has 1 heterocycles. The molecule has 0 fully saturated rings. The van der Waals surface area contributed by atoms with Crippen molar-refractivity contribution in [2.24, 2.45) is 5.92 Å². The summed E-state index contributed by atoms with van der Waals surface area (Å²) in [5.41, 5.74) is 7.23. The van der Waals surface area contributed by atoms with E-state index in [4.69, 9.17) is 10.8 Å². The molecule has 96 valence electrons. The number of H-pyrrole nitrogens is 1. The number of aliphatic hydroxyl groups is 1. The maximum atomic E-state index is 11.8. The zero-order valence-corrected chi connectivity index (χ0v) is 10.3. The molecule has 1 unspecified atom stereocenters. The first-order chi connectivity index (χ1) is 8.10. The number of nitrogens with two attached hydrogens (primary N) is 1. The van der Waals surface area contributed by atoms with Crippen molar-refractivity contribution in [1.29, 1.82) is 0 Å². The fraction of sp³-hybridized carbons (Fsp3) is 0.636. The fourth-order valence-corrected chi connectivity index (χ4v) is 1.50. The second-order valence-electron chi connectivity index (χ2n) is 4.15. The molecule has 0 aliphatic carbocycles. The lowest BCUT2D eigenvalue weighted by atomic mass is 10.1. The standard InChI is InChI=1S/C11H20N4O2/c1-3-8-9(12)10(15-14-8)11(17)13-6-7(2)4-5-16/h7,16H,3-6,12H2,1-2H3,(H,13,17)(H,14,15). The Morgan fingerprint density at radius 2 is 2.35 bits per heavy atom. The normalized spacial score (nSPS) is 12.4. The van der Waals surface area contributed by atoms with Gasteiger partial charge in [0.2, 0.25) is 0 Å². The summed E-state index contributed by atoms with van der Waals surface area (Å²) in [6.07, 6.45) is 1.38. The monoisotopic (exact) mass is 240 g/mol. The van der Waals surface area contributed by atoms with E-state index in [0.717, 1.165) is 5.69 Å². The number of nitrogens with zero attached hydrogens (tertiary/aromatic N) is 1. The highest BCUT2D eigenvalue weighted by atomic mass is 16.3. The Bertz CT molecular complexity index is 376. The number of aromatic amines is 1. The van der Waals surface area contributed by atoms with Gasteiger partial charge >= 0.3 is 0 Å². The number of aryl methyl sites for hydroxylation is 1. The molecular formula is C11H20N4O2. The molecule has 0 bridgehead atoms. The van der Waals surface area contributed by atoms with Gasteiger partial charge in [0.05, 0.1) is 11.4 Å². The largest absolute Gasteiger partial charge is 0.396 e. The van der Waals surface area contributed by atoms with Crippen LogP contribution in [0.25, 0.3) is 0 Å².